The predicted octanol–water partition coefficient (Wildman–Crippen LogP) is 2.19. The average Bonchev–Trinajstić information content (AvgIpc) is 3.29. The molecule has 1 saturated carbocycles. The lowest BCUT2D eigenvalue weighted by atomic mass is 9.81. The van der Waals surface area contributed by atoms with Gasteiger partial charge in [-0.3, -0.25) is 19.3 Å². The molecule has 0 spiro atoms. The molecule has 1 aromatic rings. The van der Waals surface area contributed by atoms with Crippen LogP contribution >= 0.6 is 0 Å². The van der Waals surface area contributed by atoms with Crippen molar-refractivity contribution in [3.63, 3.8) is 0 Å². The summed E-state index contributed by atoms with van der Waals surface area (Å²) in [6.45, 7) is 2.05. The number of aromatic nitrogens is 1. The van der Waals surface area contributed by atoms with Crippen LogP contribution in [0.1, 0.15) is 44.9 Å². The summed E-state index contributed by atoms with van der Waals surface area (Å²) in [4.78, 5) is 45.4. The number of amides is 3. The maximum Gasteiger partial charge on any atom is 0.233 e. The number of fused-ring (bicyclic) bond motifs is 1. The Morgan fingerprint density at radius 2 is 1.74 bits per heavy atom. The van der Waals surface area contributed by atoms with Crippen molar-refractivity contribution in [3.8, 4) is 0 Å². The van der Waals surface area contributed by atoms with Crippen LogP contribution in [0.2, 0.25) is 0 Å². The number of likely N-dealkylation sites (tertiary alicyclic amines) is 1. The van der Waals surface area contributed by atoms with Crippen LogP contribution in [0, 0.1) is 11.8 Å². The molecule has 1 N–H and O–H groups in total. The molecule has 7 nitrogen and oxygen atoms in total. The first-order valence-electron chi connectivity index (χ1n) is 10.00. The molecule has 4 rings (SSSR count). The summed E-state index contributed by atoms with van der Waals surface area (Å²) >= 11 is 0. The fourth-order valence-corrected chi connectivity index (χ4v) is 4.55. The number of anilines is 2. The van der Waals surface area contributed by atoms with E-state index in [0.717, 1.165) is 57.4 Å². The minimum Gasteiger partial charge on any atom is -0.355 e. The lowest BCUT2D eigenvalue weighted by molar-refractivity contribution is -0.140. The summed E-state index contributed by atoms with van der Waals surface area (Å²) in [5.41, 5.74) is 0.692. The maximum atomic E-state index is 12.5. The number of hydrogen-bond donors (Lipinski definition) is 1. The second-order valence-corrected chi connectivity index (χ2v) is 7.69. The van der Waals surface area contributed by atoms with Gasteiger partial charge in [0.15, 0.2) is 5.82 Å². The minimum absolute atomic E-state index is 0.0865. The number of nitrogens with zero attached hydrogens (tertiary/aromatic N) is 3. The Hall–Kier alpha value is -2.44. The van der Waals surface area contributed by atoms with Gasteiger partial charge in [0.05, 0.1) is 17.5 Å². The number of carbonyl (C=O) groups is 3. The number of carbonyl (C=O) groups excluding carboxylic acids is 3. The molecule has 7 heteroatoms. The molecule has 1 aromatic heterocycles. The number of imide groups is 1. The monoisotopic (exact) mass is 370 g/mol. The molecule has 2 aliphatic heterocycles. The second kappa shape index (κ2) is 7.66. The first-order valence-corrected chi connectivity index (χ1v) is 10.00. The molecule has 3 fully saturated rings. The zero-order valence-electron chi connectivity index (χ0n) is 15.5. The highest BCUT2D eigenvalue weighted by molar-refractivity contribution is 6.05. The molecule has 3 aliphatic rings. The normalized spacial score (nSPS) is 25.0. The van der Waals surface area contributed by atoms with E-state index in [-0.39, 0.29) is 42.5 Å². The van der Waals surface area contributed by atoms with Gasteiger partial charge >= 0.3 is 0 Å². The van der Waals surface area contributed by atoms with E-state index in [0.29, 0.717) is 5.69 Å². The Morgan fingerprint density at radius 3 is 2.41 bits per heavy atom. The molecule has 0 radical (unpaired) electrons. The highest BCUT2D eigenvalue weighted by atomic mass is 16.2. The van der Waals surface area contributed by atoms with Gasteiger partial charge in [0.25, 0.3) is 0 Å². The van der Waals surface area contributed by atoms with Crippen molar-refractivity contribution in [1.82, 2.24) is 9.88 Å². The van der Waals surface area contributed by atoms with Gasteiger partial charge in [0.1, 0.15) is 0 Å². The highest BCUT2D eigenvalue weighted by Gasteiger charge is 2.47. The summed E-state index contributed by atoms with van der Waals surface area (Å²) in [5.74, 6) is 0.110. The van der Waals surface area contributed by atoms with Crippen LogP contribution in [-0.4, -0.2) is 47.2 Å². The van der Waals surface area contributed by atoms with Crippen LogP contribution in [-0.2, 0) is 14.4 Å². The highest BCUT2D eigenvalue weighted by Crippen LogP contribution is 2.38. The van der Waals surface area contributed by atoms with Crippen molar-refractivity contribution in [2.75, 3.05) is 29.9 Å². The molecule has 0 bridgehead atoms. The molecule has 2 unspecified atom stereocenters. The van der Waals surface area contributed by atoms with Crippen LogP contribution in [0.3, 0.4) is 0 Å². The van der Waals surface area contributed by atoms with Gasteiger partial charge in [-0.2, -0.15) is 0 Å². The smallest absolute Gasteiger partial charge is 0.233 e. The zero-order valence-corrected chi connectivity index (χ0v) is 15.5. The van der Waals surface area contributed by atoms with E-state index in [9.17, 15) is 14.4 Å². The van der Waals surface area contributed by atoms with Crippen LogP contribution in [0.15, 0.2) is 18.3 Å². The first-order chi connectivity index (χ1) is 13.1. The summed E-state index contributed by atoms with van der Waals surface area (Å²) in [7, 11) is 0. The van der Waals surface area contributed by atoms with Gasteiger partial charge in [-0.05, 0) is 37.8 Å². The van der Waals surface area contributed by atoms with E-state index in [4.69, 9.17) is 0 Å². The molecule has 144 valence electrons. The topological polar surface area (TPSA) is 82.6 Å². The fraction of sp³-hybridized carbons (Fsp3) is 0.600. The lowest BCUT2D eigenvalue weighted by Crippen LogP contribution is -2.34. The number of nitrogens with one attached hydrogen (secondary N) is 1. The minimum atomic E-state index is -0.195. The maximum absolute atomic E-state index is 12.5. The van der Waals surface area contributed by atoms with Crippen LogP contribution in [0.25, 0.3) is 0 Å². The first kappa shape index (κ1) is 17.9. The largest absolute Gasteiger partial charge is 0.355 e. The average molecular weight is 370 g/mol. The molecule has 27 heavy (non-hydrogen) atoms. The number of pyridine rings is 1. The van der Waals surface area contributed by atoms with Crippen LogP contribution < -0.4 is 10.2 Å². The third-order valence-corrected chi connectivity index (χ3v) is 5.96. The van der Waals surface area contributed by atoms with E-state index < -0.39 is 0 Å². The Bertz CT molecular complexity index is 720. The Kier molecular flexibility index (Phi) is 5.09. The van der Waals surface area contributed by atoms with E-state index in [1.807, 2.05) is 6.07 Å². The second-order valence-electron chi connectivity index (χ2n) is 7.69. The molecular formula is C20H26N4O3. The molecule has 0 aromatic carbocycles. The van der Waals surface area contributed by atoms with Crippen molar-refractivity contribution >= 4 is 29.2 Å². The van der Waals surface area contributed by atoms with E-state index in [1.54, 1.807) is 12.3 Å². The number of rotatable bonds is 5. The Labute approximate surface area is 159 Å². The molecule has 2 atom stereocenters. The SMILES string of the molecule is O=C(CCN1C(=O)C2CCCCC2C1=O)Nc1cccnc1N1CCCC1. The van der Waals surface area contributed by atoms with Crippen molar-refractivity contribution in [3.05, 3.63) is 18.3 Å². The zero-order chi connectivity index (χ0) is 18.8. The molecule has 1 aliphatic carbocycles. The van der Waals surface area contributed by atoms with Gasteiger partial charge in [-0.25, -0.2) is 4.98 Å². The van der Waals surface area contributed by atoms with E-state index >= 15 is 0 Å². The van der Waals surface area contributed by atoms with Crippen molar-refractivity contribution in [2.45, 2.75) is 44.9 Å². The van der Waals surface area contributed by atoms with Gasteiger partial charge in [-0.15, -0.1) is 0 Å². The fourth-order valence-electron chi connectivity index (χ4n) is 4.55. The van der Waals surface area contributed by atoms with Gasteiger partial charge < -0.3 is 10.2 Å². The quantitative estimate of drug-likeness (QED) is 0.804. The van der Waals surface area contributed by atoms with Gasteiger partial charge in [-0.1, -0.05) is 12.8 Å². The summed E-state index contributed by atoms with van der Waals surface area (Å²) < 4.78 is 0. The third-order valence-electron chi connectivity index (χ3n) is 5.96. The molecule has 3 amide bonds. The molecular weight excluding hydrogens is 344 g/mol. The summed E-state index contributed by atoms with van der Waals surface area (Å²) in [5, 5.41) is 2.91. The van der Waals surface area contributed by atoms with Gasteiger partial charge in [0.2, 0.25) is 17.7 Å². The summed E-state index contributed by atoms with van der Waals surface area (Å²) in [6.07, 6.45) is 7.72. The van der Waals surface area contributed by atoms with Gasteiger partial charge in [0, 0.05) is 32.3 Å². The van der Waals surface area contributed by atoms with Crippen LogP contribution in [0.4, 0.5) is 11.5 Å². The van der Waals surface area contributed by atoms with Crippen LogP contribution in [0.5, 0.6) is 0 Å². The Morgan fingerprint density at radius 1 is 1.07 bits per heavy atom. The number of hydrogen-bond acceptors (Lipinski definition) is 5. The van der Waals surface area contributed by atoms with Crippen molar-refractivity contribution in [1.29, 1.82) is 0 Å². The van der Waals surface area contributed by atoms with Crippen molar-refractivity contribution < 1.29 is 14.4 Å². The molecule has 3 heterocycles. The lowest BCUT2D eigenvalue weighted by Gasteiger charge is -2.20. The van der Waals surface area contributed by atoms with Crippen molar-refractivity contribution in [2.24, 2.45) is 11.8 Å². The standard InChI is InChI=1S/C20H26N4O3/c25-17(22-16-8-5-10-21-18(16)23-11-3-4-12-23)9-13-24-19(26)14-6-1-2-7-15(14)20(24)27/h5,8,10,14-15H,1-4,6-7,9,11-13H2,(H,22,25). The third kappa shape index (κ3) is 3.55. The molecule has 2 saturated heterocycles. The Balaban J connectivity index is 1.37. The van der Waals surface area contributed by atoms with E-state index in [1.165, 1.54) is 4.90 Å². The predicted molar refractivity (Wildman–Crippen MR) is 101 cm³/mol. The van der Waals surface area contributed by atoms with E-state index in [2.05, 4.69) is 15.2 Å². The summed E-state index contributed by atoms with van der Waals surface area (Å²) in [6, 6.07) is 3.65.